The number of unbranched alkanes of at least 4 members (excludes halogenated alkanes) is 1. The second kappa shape index (κ2) is 6.95. The van der Waals surface area contributed by atoms with Crippen LogP contribution in [-0.4, -0.2) is 35.2 Å². The largest absolute Gasteiger partial charge is 0.396 e. The van der Waals surface area contributed by atoms with Gasteiger partial charge in [-0.2, -0.15) is 0 Å². The van der Waals surface area contributed by atoms with Gasteiger partial charge >= 0.3 is 6.03 Å². The lowest BCUT2D eigenvalue weighted by Gasteiger charge is -2.23. The molecule has 20 heavy (non-hydrogen) atoms. The minimum atomic E-state index is -0.0733. The molecule has 0 spiro atoms. The van der Waals surface area contributed by atoms with E-state index in [-0.39, 0.29) is 12.6 Å². The third kappa shape index (κ3) is 4.12. The molecule has 5 heteroatoms. The van der Waals surface area contributed by atoms with Gasteiger partial charge in [-0.3, -0.25) is 0 Å². The van der Waals surface area contributed by atoms with Crippen LogP contribution in [0.25, 0.3) is 0 Å². The van der Waals surface area contributed by atoms with E-state index >= 15 is 0 Å². The van der Waals surface area contributed by atoms with Crippen molar-refractivity contribution in [3.8, 4) is 0 Å². The van der Waals surface area contributed by atoms with Gasteiger partial charge in [-0.1, -0.05) is 17.7 Å². The summed E-state index contributed by atoms with van der Waals surface area (Å²) in [5, 5.41) is 12.4. The predicted molar refractivity (Wildman–Crippen MR) is 81.3 cm³/mol. The van der Waals surface area contributed by atoms with Crippen LogP contribution in [-0.2, 0) is 0 Å². The van der Waals surface area contributed by atoms with Crippen LogP contribution in [0.2, 0.25) is 5.02 Å². The summed E-state index contributed by atoms with van der Waals surface area (Å²) in [5.74, 6) is 0. The SMILES string of the molecule is Cc1ccc(Cl)cc1NC(=O)N(CCCCO)C1CC1. The molecule has 2 amide bonds. The van der Waals surface area contributed by atoms with Crippen molar-refractivity contribution in [3.63, 3.8) is 0 Å². The Morgan fingerprint density at radius 3 is 2.85 bits per heavy atom. The highest BCUT2D eigenvalue weighted by Crippen LogP contribution is 2.28. The predicted octanol–water partition coefficient (Wildman–Crippen LogP) is 3.42. The highest BCUT2D eigenvalue weighted by atomic mass is 35.5. The second-order valence-electron chi connectivity index (χ2n) is 5.24. The van der Waals surface area contributed by atoms with E-state index in [0.29, 0.717) is 17.6 Å². The van der Waals surface area contributed by atoms with Gasteiger partial charge in [0, 0.05) is 29.9 Å². The number of hydrogen-bond acceptors (Lipinski definition) is 2. The number of benzene rings is 1. The van der Waals surface area contributed by atoms with Crippen LogP contribution in [0.4, 0.5) is 10.5 Å². The molecule has 1 aliphatic rings. The first kappa shape index (κ1) is 15.1. The number of aliphatic hydroxyl groups excluding tert-OH is 1. The number of halogens is 1. The Bertz CT molecular complexity index is 475. The van der Waals surface area contributed by atoms with E-state index in [2.05, 4.69) is 5.32 Å². The summed E-state index contributed by atoms with van der Waals surface area (Å²) >= 11 is 5.96. The Hall–Kier alpha value is -1.26. The normalized spacial score (nSPS) is 14.2. The molecule has 0 heterocycles. The van der Waals surface area contributed by atoms with Gasteiger partial charge in [0.1, 0.15) is 0 Å². The van der Waals surface area contributed by atoms with E-state index in [9.17, 15) is 4.79 Å². The van der Waals surface area contributed by atoms with Crippen LogP contribution in [0, 0.1) is 6.92 Å². The van der Waals surface area contributed by atoms with Crippen LogP contribution in [0.15, 0.2) is 18.2 Å². The number of nitrogens with one attached hydrogen (secondary N) is 1. The lowest BCUT2D eigenvalue weighted by molar-refractivity contribution is 0.204. The van der Waals surface area contributed by atoms with Crippen molar-refractivity contribution in [2.75, 3.05) is 18.5 Å². The number of amides is 2. The van der Waals surface area contributed by atoms with E-state index in [1.807, 2.05) is 24.0 Å². The van der Waals surface area contributed by atoms with Gasteiger partial charge in [-0.15, -0.1) is 0 Å². The molecule has 4 nitrogen and oxygen atoms in total. The average molecular weight is 297 g/mol. The molecule has 0 radical (unpaired) electrons. The number of urea groups is 1. The number of rotatable bonds is 6. The van der Waals surface area contributed by atoms with Crippen molar-refractivity contribution in [1.29, 1.82) is 0 Å². The van der Waals surface area contributed by atoms with Crippen molar-refractivity contribution in [3.05, 3.63) is 28.8 Å². The van der Waals surface area contributed by atoms with Crippen molar-refractivity contribution in [2.24, 2.45) is 0 Å². The van der Waals surface area contributed by atoms with E-state index in [1.165, 1.54) is 0 Å². The summed E-state index contributed by atoms with van der Waals surface area (Å²) in [7, 11) is 0. The quantitative estimate of drug-likeness (QED) is 0.790. The summed E-state index contributed by atoms with van der Waals surface area (Å²) in [6, 6.07) is 5.76. The maximum Gasteiger partial charge on any atom is 0.322 e. The molecule has 1 aliphatic carbocycles. The van der Waals surface area contributed by atoms with Gasteiger partial charge in [-0.25, -0.2) is 4.79 Å². The molecule has 1 aromatic carbocycles. The third-order valence-electron chi connectivity index (χ3n) is 3.50. The van der Waals surface area contributed by atoms with Gasteiger partial charge in [0.05, 0.1) is 0 Å². The van der Waals surface area contributed by atoms with E-state index in [0.717, 1.165) is 36.9 Å². The zero-order chi connectivity index (χ0) is 14.5. The van der Waals surface area contributed by atoms with Crippen LogP contribution in [0.3, 0.4) is 0 Å². The zero-order valence-electron chi connectivity index (χ0n) is 11.7. The first-order valence-electron chi connectivity index (χ1n) is 7.06. The fraction of sp³-hybridized carbons (Fsp3) is 0.533. The lowest BCUT2D eigenvalue weighted by atomic mass is 10.2. The zero-order valence-corrected chi connectivity index (χ0v) is 12.5. The van der Waals surface area contributed by atoms with E-state index in [4.69, 9.17) is 16.7 Å². The Morgan fingerprint density at radius 2 is 2.20 bits per heavy atom. The molecule has 0 atom stereocenters. The van der Waals surface area contributed by atoms with Crippen molar-refractivity contribution < 1.29 is 9.90 Å². The maximum absolute atomic E-state index is 12.4. The summed E-state index contributed by atoms with van der Waals surface area (Å²) in [4.78, 5) is 14.2. The number of aryl methyl sites for hydroxylation is 1. The molecule has 1 saturated carbocycles. The number of nitrogens with zero attached hydrogens (tertiary/aromatic N) is 1. The molecule has 2 N–H and O–H groups in total. The summed E-state index contributed by atoms with van der Waals surface area (Å²) < 4.78 is 0. The van der Waals surface area contributed by atoms with Crippen LogP contribution < -0.4 is 5.32 Å². The molecule has 1 fully saturated rings. The number of carbonyl (C=O) groups excluding carboxylic acids is 1. The highest BCUT2D eigenvalue weighted by Gasteiger charge is 2.32. The number of carbonyl (C=O) groups is 1. The van der Waals surface area contributed by atoms with Crippen LogP contribution in [0.5, 0.6) is 0 Å². The molecule has 0 bridgehead atoms. The van der Waals surface area contributed by atoms with Crippen molar-refractivity contribution in [2.45, 2.75) is 38.6 Å². The molecule has 1 aromatic rings. The monoisotopic (exact) mass is 296 g/mol. The first-order valence-corrected chi connectivity index (χ1v) is 7.44. The van der Waals surface area contributed by atoms with E-state index < -0.39 is 0 Å². The van der Waals surface area contributed by atoms with Crippen molar-refractivity contribution in [1.82, 2.24) is 4.90 Å². The number of aliphatic hydroxyl groups is 1. The van der Waals surface area contributed by atoms with Gasteiger partial charge in [0.15, 0.2) is 0 Å². The lowest BCUT2D eigenvalue weighted by Crippen LogP contribution is -2.37. The fourth-order valence-corrected chi connectivity index (χ4v) is 2.32. The molecule has 0 aromatic heterocycles. The third-order valence-corrected chi connectivity index (χ3v) is 3.73. The molecular weight excluding hydrogens is 276 g/mol. The van der Waals surface area contributed by atoms with Gasteiger partial charge in [0.2, 0.25) is 0 Å². The second-order valence-corrected chi connectivity index (χ2v) is 5.68. The Morgan fingerprint density at radius 1 is 1.45 bits per heavy atom. The van der Waals surface area contributed by atoms with Gasteiger partial charge < -0.3 is 15.3 Å². The molecular formula is C15H21ClN2O2. The fourth-order valence-electron chi connectivity index (χ4n) is 2.15. The topological polar surface area (TPSA) is 52.6 Å². The van der Waals surface area contributed by atoms with Gasteiger partial charge in [-0.05, 0) is 50.3 Å². The highest BCUT2D eigenvalue weighted by molar-refractivity contribution is 6.31. The van der Waals surface area contributed by atoms with Crippen LogP contribution in [0.1, 0.15) is 31.2 Å². The summed E-state index contributed by atoms with van der Waals surface area (Å²) in [5.41, 5.74) is 1.75. The summed E-state index contributed by atoms with van der Waals surface area (Å²) in [6.07, 6.45) is 3.70. The summed E-state index contributed by atoms with van der Waals surface area (Å²) in [6.45, 7) is 2.81. The number of hydrogen-bond donors (Lipinski definition) is 2. The first-order chi connectivity index (χ1) is 9.61. The Labute approximate surface area is 124 Å². The smallest absolute Gasteiger partial charge is 0.322 e. The standard InChI is InChI=1S/C15H21ClN2O2/c1-11-4-5-12(16)10-14(11)17-15(20)18(13-6-7-13)8-2-3-9-19/h4-5,10,13,19H,2-3,6-9H2,1H3,(H,17,20). The molecule has 0 aliphatic heterocycles. The maximum atomic E-state index is 12.4. The minimum absolute atomic E-state index is 0.0733. The Kier molecular flexibility index (Phi) is 5.26. The van der Waals surface area contributed by atoms with E-state index in [1.54, 1.807) is 6.07 Å². The molecule has 110 valence electrons. The van der Waals surface area contributed by atoms with Crippen molar-refractivity contribution >= 4 is 23.3 Å². The molecule has 2 rings (SSSR count). The number of anilines is 1. The Balaban J connectivity index is 1.98. The van der Waals surface area contributed by atoms with Gasteiger partial charge in [0.25, 0.3) is 0 Å². The molecule has 0 saturated heterocycles. The average Bonchev–Trinajstić information content (AvgIpc) is 3.23. The minimum Gasteiger partial charge on any atom is -0.396 e. The molecule has 0 unspecified atom stereocenters. The van der Waals surface area contributed by atoms with Crippen LogP contribution >= 0.6 is 11.6 Å².